The topological polar surface area (TPSA) is 74.8 Å². The molecule has 1 unspecified atom stereocenters. The summed E-state index contributed by atoms with van der Waals surface area (Å²) in [5.41, 5.74) is 1.06. The molecule has 0 N–H and O–H groups in total. The number of sulfonamides is 1. The smallest absolute Gasteiger partial charge is 0.259 e. The quantitative estimate of drug-likeness (QED) is 0.804. The van der Waals surface area contributed by atoms with E-state index in [2.05, 4.69) is 0 Å². The normalized spacial score (nSPS) is 18.8. The summed E-state index contributed by atoms with van der Waals surface area (Å²) in [5.74, 6) is -1.68. The summed E-state index contributed by atoms with van der Waals surface area (Å²) in [6.45, 7) is 1.56. The van der Waals surface area contributed by atoms with Crippen LogP contribution in [-0.4, -0.2) is 33.0 Å². The fraction of sp³-hybridized carbons (Fsp3) is 0.222. The summed E-state index contributed by atoms with van der Waals surface area (Å²) in [7, 11) is -2.09. The van der Waals surface area contributed by atoms with Crippen molar-refractivity contribution in [1.29, 1.82) is 0 Å². The predicted octanol–water partition coefficient (Wildman–Crippen LogP) is 2.93. The van der Waals surface area contributed by atoms with E-state index in [0.29, 0.717) is 5.69 Å². The molecule has 1 aliphatic heterocycles. The van der Waals surface area contributed by atoms with Crippen LogP contribution in [0.4, 0.5) is 11.4 Å². The van der Waals surface area contributed by atoms with Gasteiger partial charge in [0.2, 0.25) is 15.9 Å². The number of nitrogens with zero attached hydrogens (tertiary/aromatic N) is 2. The van der Waals surface area contributed by atoms with Gasteiger partial charge in [-0.05, 0) is 30.3 Å². The van der Waals surface area contributed by atoms with Crippen molar-refractivity contribution < 1.29 is 18.0 Å². The molecular weight excluding hydrogens is 376 g/mol. The summed E-state index contributed by atoms with van der Waals surface area (Å²) in [5, 5.41) is 0.0813. The largest absolute Gasteiger partial charge is 0.311 e. The van der Waals surface area contributed by atoms with Gasteiger partial charge in [0.05, 0.1) is 27.9 Å². The Morgan fingerprint density at radius 3 is 2.38 bits per heavy atom. The van der Waals surface area contributed by atoms with Crippen molar-refractivity contribution in [2.24, 2.45) is 5.92 Å². The van der Waals surface area contributed by atoms with E-state index in [1.54, 1.807) is 26.1 Å². The first kappa shape index (κ1) is 18.4. The zero-order valence-electron chi connectivity index (χ0n) is 14.2. The molecule has 2 aromatic rings. The number of rotatable bonds is 3. The third-order valence-corrected chi connectivity index (χ3v) is 6.41. The molecule has 0 spiro atoms. The van der Waals surface area contributed by atoms with Gasteiger partial charge in [0.25, 0.3) is 5.91 Å². The van der Waals surface area contributed by atoms with Crippen LogP contribution in [0.5, 0.6) is 0 Å². The number of anilines is 2. The minimum atomic E-state index is -3.72. The summed E-state index contributed by atoms with van der Waals surface area (Å²) in [6.07, 6.45) is 0. The van der Waals surface area contributed by atoms with Crippen molar-refractivity contribution in [2.45, 2.75) is 6.92 Å². The van der Waals surface area contributed by atoms with Crippen LogP contribution in [0.2, 0.25) is 5.02 Å². The first-order valence-corrected chi connectivity index (χ1v) is 9.90. The van der Waals surface area contributed by atoms with E-state index in [1.165, 1.54) is 23.1 Å². The van der Waals surface area contributed by atoms with E-state index >= 15 is 0 Å². The highest BCUT2D eigenvalue weighted by atomic mass is 35.5. The highest BCUT2D eigenvalue weighted by Gasteiger charge is 2.42. The second-order valence-electron chi connectivity index (χ2n) is 6.15. The first-order valence-electron chi connectivity index (χ1n) is 7.92. The average Bonchev–Trinajstić information content (AvgIpc) is 2.81. The van der Waals surface area contributed by atoms with Gasteiger partial charge in [0, 0.05) is 12.7 Å². The Bertz CT molecular complexity index is 976. The van der Waals surface area contributed by atoms with Gasteiger partial charge in [-0.25, -0.2) is 12.7 Å². The molecule has 3 rings (SSSR count). The fourth-order valence-corrected chi connectivity index (χ4v) is 4.91. The number of benzene rings is 2. The monoisotopic (exact) mass is 392 g/mol. The van der Waals surface area contributed by atoms with E-state index in [1.807, 2.05) is 18.2 Å². The van der Waals surface area contributed by atoms with Crippen LogP contribution in [-0.2, 0) is 14.8 Å². The van der Waals surface area contributed by atoms with E-state index in [0.717, 1.165) is 4.31 Å². The molecule has 136 valence electrons. The van der Waals surface area contributed by atoms with Crippen LogP contribution >= 0.6 is 11.6 Å². The highest BCUT2D eigenvalue weighted by molar-refractivity contribution is 7.94. The second kappa shape index (κ2) is 6.74. The maximum Gasteiger partial charge on any atom is 0.259 e. The van der Waals surface area contributed by atoms with Crippen molar-refractivity contribution >= 4 is 44.8 Å². The van der Waals surface area contributed by atoms with Crippen LogP contribution in [0.3, 0.4) is 0 Å². The maximum atomic E-state index is 12.7. The van der Waals surface area contributed by atoms with Gasteiger partial charge in [-0.2, -0.15) is 0 Å². The lowest BCUT2D eigenvalue weighted by Gasteiger charge is -2.20. The Morgan fingerprint density at radius 1 is 1.19 bits per heavy atom. The summed E-state index contributed by atoms with van der Waals surface area (Å²) in [6, 6.07) is 13.2. The SMILES string of the molecule is CC1CS(=O)(=O)N(c2ccc(C(=O)N(C)c3ccccc3)c(Cl)c2)C1=O. The number of amides is 2. The molecule has 0 bridgehead atoms. The number of hydrogen-bond donors (Lipinski definition) is 0. The molecule has 1 heterocycles. The number of para-hydroxylation sites is 1. The standard InChI is InChI=1S/C18H17ClN2O4S/c1-12-11-26(24,25)21(17(12)22)14-8-9-15(16(19)10-14)18(23)20(2)13-6-4-3-5-7-13/h3-10,12H,11H2,1-2H3. The Balaban J connectivity index is 1.93. The van der Waals surface area contributed by atoms with Gasteiger partial charge in [-0.15, -0.1) is 0 Å². The molecule has 6 nitrogen and oxygen atoms in total. The van der Waals surface area contributed by atoms with E-state index < -0.39 is 21.8 Å². The van der Waals surface area contributed by atoms with Gasteiger partial charge in [-0.3, -0.25) is 9.59 Å². The second-order valence-corrected chi connectivity index (χ2v) is 8.42. The summed E-state index contributed by atoms with van der Waals surface area (Å²) < 4.78 is 25.1. The zero-order chi connectivity index (χ0) is 19.1. The Kier molecular flexibility index (Phi) is 4.77. The molecule has 8 heteroatoms. The highest BCUT2D eigenvalue weighted by Crippen LogP contribution is 2.32. The first-order chi connectivity index (χ1) is 12.2. The number of hydrogen-bond acceptors (Lipinski definition) is 4. The molecule has 1 atom stereocenters. The molecule has 0 aromatic heterocycles. The van der Waals surface area contributed by atoms with E-state index in [4.69, 9.17) is 11.6 Å². The number of carbonyl (C=O) groups is 2. The van der Waals surface area contributed by atoms with Gasteiger partial charge < -0.3 is 4.90 Å². The lowest BCUT2D eigenvalue weighted by molar-refractivity contribution is -0.119. The van der Waals surface area contributed by atoms with Crippen LogP contribution < -0.4 is 9.21 Å². The molecular formula is C18H17ClN2O4S. The molecule has 2 aromatic carbocycles. The molecule has 1 aliphatic rings. The molecule has 2 amide bonds. The lowest BCUT2D eigenvalue weighted by atomic mass is 10.1. The lowest BCUT2D eigenvalue weighted by Crippen LogP contribution is -2.30. The van der Waals surface area contributed by atoms with Crippen LogP contribution in [0.15, 0.2) is 48.5 Å². The van der Waals surface area contributed by atoms with E-state index in [-0.39, 0.29) is 27.9 Å². The molecule has 1 saturated heterocycles. The van der Waals surface area contributed by atoms with Gasteiger partial charge in [0.15, 0.2) is 0 Å². The minimum absolute atomic E-state index is 0.0813. The van der Waals surface area contributed by atoms with Crippen molar-refractivity contribution in [1.82, 2.24) is 0 Å². The Morgan fingerprint density at radius 2 is 1.85 bits per heavy atom. The zero-order valence-corrected chi connectivity index (χ0v) is 15.8. The van der Waals surface area contributed by atoms with Gasteiger partial charge >= 0.3 is 0 Å². The van der Waals surface area contributed by atoms with Crippen LogP contribution in [0.25, 0.3) is 0 Å². The summed E-state index contributed by atoms with van der Waals surface area (Å²) in [4.78, 5) is 26.3. The molecule has 0 radical (unpaired) electrons. The molecule has 1 fully saturated rings. The molecule has 26 heavy (non-hydrogen) atoms. The van der Waals surface area contributed by atoms with Crippen LogP contribution in [0.1, 0.15) is 17.3 Å². The minimum Gasteiger partial charge on any atom is -0.311 e. The fourth-order valence-electron chi connectivity index (χ4n) is 2.84. The predicted molar refractivity (Wildman–Crippen MR) is 101 cm³/mol. The van der Waals surface area contributed by atoms with Crippen molar-refractivity contribution in [3.8, 4) is 0 Å². The van der Waals surface area contributed by atoms with E-state index in [9.17, 15) is 18.0 Å². The van der Waals surface area contributed by atoms with Gasteiger partial charge in [0.1, 0.15) is 0 Å². The molecule has 0 aliphatic carbocycles. The van der Waals surface area contributed by atoms with Crippen molar-refractivity contribution in [3.05, 3.63) is 59.1 Å². The summed E-state index contributed by atoms with van der Waals surface area (Å²) >= 11 is 6.23. The molecule has 0 saturated carbocycles. The third kappa shape index (κ3) is 3.20. The average molecular weight is 393 g/mol. The van der Waals surface area contributed by atoms with Crippen LogP contribution in [0, 0.1) is 5.92 Å². The van der Waals surface area contributed by atoms with Gasteiger partial charge in [-0.1, -0.05) is 36.7 Å². The Labute approximate surface area is 157 Å². The number of halogens is 1. The number of carbonyl (C=O) groups excluding carboxylic acids is 2. The van der Waals surface area contributed by atoms with Crippen molar-refractivity contribution in [2.75, 3.05) is 22.0 Å². The van der Waals surface area contributed by atoms with Crippen molar-refractivity contribution in [3.63, 3.8) is 0 Å². The Hall–Kier alpha value is -2.38. The third-order valence-electron chi connectivity index (χ3n) is 4.23. The maximum absolute atomic E-state index is 12.7.